The van der Waals surface area contributed by atoms with Crippen LogP contribution in [0.3, 0.4) is 0 Å². The van der Waals surface area contributed by atoms with Gasteiger partial charge in [0.2, 0.25) is 5.91 Å². The van der Waals surface area contributed by atoms with Crippen LogP contribution in [-0.2, 0) is 4.79 Å². The molecule has 3 heterocycles. The Morgan fingerprint density at radius 1 is 1.08 bits per heavy atom. The van der Waals surface area contributed by atoms with Crippen molar-refractivity contribution in [3.05, 3.63) is 16.2 Å². The Bertz CT molecular complexity index is 855. The molecule has 1 amide bonds. The number of rotatable bonds is 3. The molecular weight excluding hydrogens is 308 g/mol. The summed E-state index contributed by atoms with van der Waals surface area (Å²) in [6.07, 6.45) is 5.93. The second kappa shape index (κ2) is 5.12. The van der Waals surface area contributed by atoms with Crippen molar-refractivity contribution in [1.82, 2.24) is 29.9 Å². The monoisotopic (exact) mass is 328 g/mol. The first kappa shape index (κ1) is 14.1. The number of carbonyl (C=O) groups excluding carboxylic acids is 1. The lowest BCUT2D eigenvalue weighted by Gasteiger charge is -2.32. The molecule has 1 N–H and O–H groups in total. The maximum atomic E-state index is 12.2. The fraction of sp³-hybridized carbons (Fsp3) is 0.688. The Hall–Kier alpha value is -2.25. The number of nitrogens with one attached hydrogen (secondary N) is 1. The number of amides is 1. The minimum Gasteiger partial charge on any atom is -0.342 e. The number of H-pyrrole nitrogens is 1. The molecule has 5 rings (SSSR count). The van der Waals surface area contributed by atoms with Gasteiger partial charge in [-0.1, -0.05) is 5.21 Å². The van der Waals surface area contributed by atoms with Crippen LogP contribution in [0, 0.1) is 5.92 Å². The van der Waals surface area contributed by atoms with Gasteiger partial charge >= 0.3 is 0 Å². The summed E-state index contributed by atoms with van der Waals surface area (Å²) >= 11 is 0. The van der Waals surface area contributed by atoms with Crippen molar-refractivity contribution in [2.45, 2.75) is 50.5 Å². The SMILES string of the molecule is O=C(C1CC1)N1CCC(n2nnc3c(=O)[nH]c(C4CC4)nc32)CC1. The molecule has 0 aromatic carbocycles. The predicted molar refractivity (Wildman–Crippen MR) is 85.5 cm³/mol. The van der Waals surface area contributed by atoms with Crippen molar-refractivity contribution in [2.75, 3.05) is 13.1 Å². The highest BCUT2D eigenvalue weighted by atomic mass is 16.2. The van der Waals surface area contributed by atoms with E-state index in [1.165, 1.54) is 0 Å². The van der Waals surface area contributed by atoms with Gasteiger partial charge in [-0.05, 0) is 38.5 Å². The molecule has 3 fully saturated rings. The number of aromatic nitrogens is 5. The van der Waals surface area contributed by atoms with Gasteiger partial charge in [-0.2, -0.15) is 0 Å². The Labute approximate surface area is 138 Å². The number of carbonyl (C=O) groups is 1. The predicted octanol–water partition coefficient (Wildman–Crippen LogP) is 0.965. The number of aromatic amines is 1. The maximum Gasteiger partial charge on any atom is 0.281 e. The number of nitrogens with zero attached hydrogens (tertiary/aromatic N) is 5. The molecule has 8 nitrogen and oxygen atoms in total. The van der Waals surface area contributed by atoms with Crippen LogP contribution < -0.4 is 5.56 Å². The zero-order chi connectivity index (χ0) is 16.3. The molecule has 24 heavy (non-hydrogen) atoms. The molecule has 0 spiro atoms. The normalized spacial score (nSPS) is 22.2. The van der Waals surface area contributed by atoms with Crippen LogP contribution in [-0.4, -0.2) is 48.9 Å². The van der Waals surface area contributed by atoms with Crippen LogP contribution in [0.1, 0.15) is 56.3 Å². The number of fused-ring (bicyclic) bond motifs is 1. The van der Waals surface area contributed by atoms with E-state index in [-0.39, 0.29) is 17.5 Å². The molecule has 0 unspecified atom stereocenters. The molecule has 0 bridgehead atoms. The van der Waals surface area contributed by atoms with Crippen molar-refractivity contribution >= 4 is 17.1 Å². The zero-order valence-electron chi connectivity index (χ0n) is 13.4. The third-order valence-electron chi connectivity index (χ3n) is 5.37. The van der Waals surface area contributed by atoms with E-state index in [0.29, 0.717) is 23.0 Å². The molecule has 0 radical (unpaired) electrons. The first-order chi connectivity index (χ1) is 11.7. The summed E-state index contributed by atoms with van der Waals surface area (Å²) in [7, 11) is 0. The molecule has 0 atom stereocenters. The van der Waals surface area contributed by atoms with Gasteiger partial charge in [0.05, 0.1) is 6.04 Å². The average Bonchev–Trinajstić information content (AvgIpc) is 3.51. The van der Waals surface area contributed by atoms with E-state index in [4.69, 9.17) is 0 Å². The van der Waals surface area contributed by atoms with Crippen LogP contribution in [0.25, 0.3) is 11.2 Å². The molecule has 2 saturated carbocycles. The van der Waals surface area contributed by atoms with Crippen molar-refractivity contribution in [3.8, 4) is 0 Å². The van der Waals surface area contributed by atoms with E-state index in [2.05, 4.69) is 20.3 Å². The fourth-order valence-corrected chi connectivity index (χ4v) is 3.57. The molecule has 126 valence electrons. The summed E-state index contributed by atoms with van der Waals surface area (Å²) in [4.78, 5) is 33.8. The first-order valence-electron chi connectivity index (χ1n) is 8.84. The standard InChI is InChI=1S/C16H20N6O2/c23-15-12-14(17-13(18-15)9-1-2-9)22(20-19-12)11-5-7-21(8-6-11)16(24)10-3-4-10/h9-11H,1-8H2,(H,17,18,23). The number of hydrogen-bond donors (Lipinski definition) is 1. The van der Waals surface area contributed by atoms with E-state index < -0.39 is 0 Å². The maximum absolute atomic E-state index is 12.2. The lowest BCUT2D eigenvalue weighted by atomic mass is 10.0. The van der Waals surface area contributed by atoms with Gasteiger partial charge in [0, 0.05) is 24.9 Å². The molecule has 2 aliphatic carbocycles. The minimum atomic E-state index is -0.200. The van der Waals surface area contributed by atoms with Crippen LogP contribution >= 0.6 is 0 Å². The van der Waals surface area contributed by atoms with Gasteiger partial charge in [-0.3, -0.25) is 9.59 Å². The highest BCUT2D eigenvalue weighted by molar-refractivity contribution is 5.81. The molecule has 2 aromatic heterocycles. The van der Waals surface area contributed by atoms with E-state index in [1.54, 1.807) is 4.68 Å². The van der Waals surface area contributed by atoms with E-state index in [9.17, 15) is 9.59 Å². The van der Waals surface area contributed by atoms with Crippen molar-refractivity contribution < 1.29 is 4.79 Å². The van der Waals surface area contributed by atoms with E-state index >= 15 is 0 Å². The minimum absolute atomic E-state index is 0.152. The van der Waals surface area contributed by atoms with Crippen molar-refractivity contribution in [3.63, 3.8) is 0 Å². The van der Waals surface area contributed by atoms with Gasteiger partial charge in [0.25, 0.3) is 5.56 Å². The largest absolute Gasteiger partial charge is 0.342 e. The zero-order valence-corrected chi connectivity index (χ0v) is 13.4. The third kappa shape index (κ3) is 2.32. The highest BCUT2D eigenvalue weighted by Gasteiger charge is 2.36. The molecule has 1 saturated heterocycles. The quantitative estimate of drug-likeness (QED) is 0.905. The summed E-state index contributed by atoms with van der Waals surface area (Å²) in [5, 5.41) is 8.23. The lowest BCUT2D eigenvalue weighted by molar-refractivity contribution is -0.133. The second-order valence-corrected chi connectivity index (χ2v) is 7.26. The van der Waals surface area contributed by atoms with Crippen molar-refractivity contribution in [2.24, 2.45) is 5.92 Å². The first-order valence-corrected chi connectivity index (χ1v) is 8.84. The van der Waals surface area contributed by atoms with Gasteiger partial charge in [0.15, 0.2) is 11.2 Å². The Balaban J connectivity index is 1.40. The Morgan fingerprint density at radius 2 is 1.83 bits per heavy atom. The molecule has 2 aromatic rings. The Morgan fingerprint density at radius 3 is 2.50 bits per heavy atom. The van der Waals surface area contributed by atoms with Gasteiger partial charge in [0.1, 0.15) is 5.82 Å². The van der Waals surface area contributed by atoms with E-state index in [0.717, 1.165) is 57.4 Å². The van der Waals surface area contributed by atoms with Gasteiger partial charge in [-0.25, -0.2) is 9.67 Å². The molecule has 1 aliphatic heterocycles. The third-order valence-corrected chi connectivity index (χ3v) is 5.37. The molecular formula is C16H20N6O2. The fourth-order valence-electron chi connectivity index (χ4n) is 3.57. The molecule has 8 heteroatoms. The topological polar surface area (TPSA) is 96.8 Å². The Kier molecular flexibility index (Phi) is 3.01. The average molecular weight is 328 g/mol. The number of hydrogen-bond acceptors (Lipinski definition) is 5. The summed E-state index contributed by atoms with van der Waals surface area (Å²) in [6, 6.07) is 0.152. The summed E-state index contributed by atoms with van der Waals surface area (Å²) < 4.78 is 1.80. The summed E-state index contributed by atoms with van der Waals surface area (Å²) in [6.45, 7) is 1.50. The summed E-state index contributed by atoms with van der Waals surface area (Å²) in [5.41, 5.74) is 0.706. The van der Waals surface area contributed by atoms with Crippen LogP contribution in [0.5, 0.6) is 0 Å². The van der Waals surface area contributed by atoms with E-state index in [1.807, 2.05) is 4.90 Å². The van der Waals surface area contributed by atoms with Gasteiger partial charge in [-0.15, -0.1) is 5.10 Å². The summed E-state index contributed by atoms with van der Waals surface area (Å²) in [5.74, 6) is 1.72. The number of piperidine rings is 1. The van der Waals surface area contributed by atoms with Crippen LogP contribution in [0.2, 0.25) is 0 Å². The second-order valence-electron chi connectivity index (χ2n) is 7.26. The number of likely N-dealkylation sites (tertiary alicyclic amines) is 1. The smallest absolute Gasteiger partial charge is 0.281 e. The van der Waals surface area contributed by atoms with Crippen LogP contribution in [0.4, 0.5) is 0 Å². The highest BCUT2D eigenvalue weighted by Crippen LogP contribution is 2.38. The lowest BCUT2D eigenvalue weighted by Crippen LogP contribution is -2.40. The van der Waals surface area contributed by atoms with Gasteiger partial charge < -0.3 is 9.88 Å². The molecule has 3 aliphatic rings. The van der Waals surface area contributed by atoms with Crippen molar-refractivity contribution in [1.29, 1.82) is 0 Å². The van der Waals surface area contributed by atoms with Crippen LogP contribution in [0.15, 0.2) is 4.79 Å².